The van der Waals surface area contributed by atoms with E-state index >= 15 is 4.39 Å². The zero-order chi connectivity index (χ0) is 20.6. The number of hydrogen-bond donors (Lipinski definition) is 0. The van der Waals surface area contributed by atoms with Crippen LogP contribution >= 0.6 is 15.9 Å². The van der Waals surface area contributed by atoms with E-state index in [2.05, 4.69) is 15.9 Å². The summed E-state index contributed by atoms with van der Waals surface area (Å²) in [7, 11) is 0. The van der Waals surface area contributed by atoms with Crippen molar-refractivity contribution >= 4 is 21.9 Å². The highest BCUT2D eigenvalue weighted by Gasteiger charge is 2.32. The molecule has 0 N–H and O–H groups in total. The Morgan fingerprint density at radius 3 is 2.00 bits per heavy atom. The third-order valence-electron chi connectivity index (χ3n) is 4.61. The summed E-state index contributed by atoms with van der Waals surface area (Å²) in [5.74, 6) is -0.909. The molecule has 0 fully saturated rings. The van der Waals surface area contributed by atoms with Crippen LogP contribution in [0.25, 0.3) is 0 Å². The van der Waals surface area contributed by atoms with Crippen molar-refractivity contribution in [3.63, 3.8) is 0 Å². The van der Waals surface area contributed by atoms with Crippen molar-refractivity contribution in [1.29, 1.82) is 0 Å². The molecule has 3 nitrogen and oxygen atoms in total. The van der Waals surface area contributed by atoms with Gasteiger partial charge in [0, 0.05) is 18.7 Å². The Bertz CT molecular complexity index is 893. The monoisotopic (exact) mass is 455 g/mol. The molecule has 0 aliphatic carbocycles. The second-order valence-electron chi connectivity index (χ2n) is 6.67. The molecule has 29 heavy (non-hydrogen) atoms. The zero-order valence-corrected chi connectivity index (χ0v) is 17.8. The summed E-state index contributed by atoms with van der Waals surface area (Å²) in [4.78, 5) is 14.9. The van der Waals surface area contributed by atoms with Crippen LogP contribution in [-0.2, 0) is 22.6 Å². The van der Waals surface area contributed by atoms with Crippen LogP contribution in [-0.4, -0.2) is 17.5 Å². The first-order valence-corrected chi connectivity index (χ1v) is 10.3. The summed E-state index contributed by atoms with van der Waals surface area (Å²) in [6.45, 7) is 2.94. The Balaban J connectivity index is 2.05. The van der Waals surface area contributed by atoms with E-state index in [0.29, 0.717) is 23.1 Å². The van der Waals surface area contributed by atoms with E-state index in [4.69, 9.17) is 4.74 Å². The first-order chi connectivity index (χ1) is 14.1. The van der Waals surface area contributed by atoms with Crippen molar-refractivity contribution in [3.8, 4) is 0 Å². The van der Waals surface area contributed by atoms with Crippen molar-refractivity contribution < 1.29 is 13.9 Å². The lowest BCUT2D eigenvalue weighted by Crippen LogP contribution is -2.35. The Kier molecular flexibility index (Phi) is 7.55. The van der Waals surface area contributed by atoms with Crippen molar-refractivity contribution in [3.05, 3.63) is 106 Å². The molecule has 1 unspecified atom stereocenters. The van der Waals surface area contributed by atoms with E-state index in [1.807, 2.05) is 65.6 Å². The molecule has 0 bridgehead atoms. The van der Waals surface area contributed by atoms with Gasteiger partial charge in [0.1, 0.15) is 11.9 Å². The Hall–Kier alpha value is -2.50. The number of carbonyl (C=O) groups excluding carboxylic acids is 1. The second-order valence-corrected chi connectivity index (χ2v) is 7.53. The Morgan fingerprint density at radius 2 is 1.48 bits per heavy atom. The summed E-state index contributed by atoms with van der Waals surface area (Å²) in [6.07, 6.45) is 0. The van der Waals surface area contributed by atoms with E-state index in [9.17, 15) is 4.79 Å². The third kappa shape index (κ3) is 5.52. The quantitative estimate of drug-likeness (QED) is 0.396. The third-order valence-corrected chi connectivity index (χ3v) is 5.22. The summed E-state index contributed by atoms with van der Waals surface area (Å²) < 4.78 is 20.7. The summed E-state index contributed by atoms with van der Waals surface area (Å²) in [6, 6.07) is 23.8. The molecule has 0 saturated carbocycles. The minimum atomic E-state index is -0.868. The normalized spacial score (nSPS) is 12.0. The predicted octanol–water partition coefficient (Wildman–Crippen LogP) is 5.89. The minimum Gasteiger partial charge on any atom is -0.465 e. The summed E-state index contributed by atoms with van der Waals surface area (Å²) in [5.41, 5.74) is 2.37. The highest BCUT2D eigenvalue weighted by atomic mass is 79.9. The van der Waals surface area contributed by atoms with Gasteiger partial charge in [-0.1, -0.05) is 72.8 Å². The molecule has 3 rings (SSSR count). The molecule has 0 spiro atoms. The van der Waals surface area contributed by atoms with Crippen LogP contribution in [0.5, 0.6) is 0 Å². The molecule has 0 heterocycles. The summed E-state index contributed by atoms with van der Waals surface area (Å²) in [5, 5.41) is 0. The van der Waals surface area contributed by atoms with Gasteiger partial charge in [0.05, 0.1) is 11.1 Å². The SMILES string of the molecule is CCOC(=O)C(c1cccc(Br)c1F)N(Cc1ccccc1)Cc1ccccc1. The molecule has 0 aromatic heterocycles. The Morgan fingerprint density at radius 1 is 0.931 bits per heavy atom. The molecule has 150 valence electrons. The maximum absolute atomic E-state index is 15.0. The highest BCUT2D eigenvalue weighted by Crippen LogP contribution is 2.31. The van der Waals surface area contributed by atoms with Crippen LogP contribution in [0.4, 0.5) is 4.39 Å². The van der Waals surface area contributed by atoms with Crippen LogP contribution in [0.2, 0.25) is 0 Å². The van der Waals surface area contributed by atoms with Gasteiger partial charge in [-0.05, 0) is 40.0 Å². The first-order valence-electron chi connectivity index (χ1n) is 9.52. The first kappa shape index (κ1) is 21.2. The fourth-order valence-corrected chi connectivity index (χ4v) is 3.68. The number of halogens is 2. The van der Waals surface area contributed by atoms with Gasteiger partial charge in [-0.2, -0.15) is 0 Å². The standard InChI is InChI=1S/C24H23BrFNO2/c1-2-29-24(28)23(20-14-9-15-21(25)22(20)26)27(16-18-10-5-3-6-11-18)17-19-12-7-4-8-13-19/h3-15,23H,2,16-17H2,1H3. The van der Waals surface area contributed by atoms with Crippen molar-refractivity contribution in [1.82, 2.24) is 4.90 Å². The smallest absolute Gasteiger partial charge is 0.328 e. The second kappa shape index (κ2) is 10.3. The molecule has 3 aromatic rings. The molecule has 0 aliphatic heterocycles. The van der Waals surface area contributed by atoms with Crippen molar-refractivity contribution in [2.24, 2.45) is 0 Å². The fraction of sp³-hybridized carbons (Fsp3) is 0.208. The minimum absolute atomic E-state index is 0.232. The number of rotatable bonds is 8. The van der Waals surface area contributed by atoms with Gasteiger partial charge in [0.25, 0.3) is 0 Å². The van der Waals surface area contributed by atoms with E-state index in [-0.39, 0.29) is 6.61 Å². The van der Waals surface area contributed by atoms with Gasteiger partial charge in [0.2, 0.25) is 0 Å². The Labute approximate surface area is 179 Å². The van der Waals surface area contributed by atoms with Gasteiger partial charge in [-0.3, -0.25) is 4.90 Å². The fourth-order valence-electron chi connectivity index (χ4n) is 3.30. The number of benzene rings is 3. The number of carbonyl (C=O) groups is 1. The largest absolute Gasteiger partial charge is 0.465 e. The van der Waals surface area contributed by atoms with Gasteiger partial charge in [-0.15, -0.1) is 0 Å². The average molecular weight is 456 g/mol. The van der Waals surface area contributed by atoms with Gasteiger partial charge in [-0.25, -0.2) is 9.18 Å². The topological polar surface area (TPSA) is 29.5 Å². The van der Waals surface area contributed by atoms with Gasteiger partial charge >= 0.3 is 5.97 Å². The average Bonchev–Trinajstić information content (AvgIpc) is 2.73. The molecule has 0 radical (unpaired) electrons. The molecular formula is C24H23BrFNO2. The van der Waals surface area contributed by atoms with Gasteiger partial charge in [0.15, 0.2) is 0 Å². The molecular weight excluding hydrogens is 433 g/mol. The molecule has 0 amide bonds. The summed E-state index contributed by atoms with van der Waals surface area (Å²) >= 11 is 3.24. The van der Waals surface area contributed by atoms with E-state index < -0.39 is 17.8 Å². The van der Waals surface area contributed by atoms with Crippen molar-refractivity contribution in [2.45, 2.75) is 26.1 Å². The van der Waals surface area contributed by atoms with Crippen molar-refractivity contribution in [2.75, 3.05) is 6.61 Å². The molecule has 3 aromatic carbocycles. The highest BCUT2D eigenvalue weighted by molar-refractivity contribution is 9.10. The lowest BCUT2D eigenvalue weighted by molar-refractivity contribution is -0.150. The van der Waals surface area contributed by atoms with E-state index in [0.717, 1.165) is 11.1 Å². The van der Waals surface area contributed by atoms with E-state index in [1.54, 1.807) is 25.1 Å². The maximum Gasteiger partial charge on any atom is 0.328 e. The molecule has 0 aliphatic rings. The predicted molar refractivity (Wildman–Crippen MR) is 116 cm³/mol. The lowest BCUT2D eigenvalue weighted by atomic mass is 10.0. The van der Waals surface area contributed by atoms with Crippen LogP contribution in [0.15, 0.2) is 83.3 Å². The van der Waals surface area contributed by atoms with Crippen LogP contribution < -0.4 is 0 Å². The maximum atomic E-state index is 15.0. The van der Waals surface area contributed by atoms with Crippen LogP contribution in [0.3, 0.4) is 0 Å². The molecule has 0 saturated heterocycles. The number of hydrogen-bond acceptors (Lipinski definition) is 3. The number of nitrogens with zero attached hydrogens (tertiary/aromatic N) is 1. The number of esters is 1. The van der Waals surface area contributed by atoms with E-state index in [1.165, 1.54) is 0 Å². The molecule has 1 atom stereocenters. The number of ether oxygens (including phenoxy) is 1. The molecule has 5 heteroatoms. The van der Waals surface area contributed by atoms with Gasteiger partial charge < -0.3 is 4.74 Å². The van der Waals surface area contributed by atoms with Crippen LogP contribution in [0, 0.1) is 5.82 Å². The zero-order valence-electron chi connectivity index (χ0n) is 16.2. The lowest BCUT2D eigenvalue weighted by Gasteiger charge is -2.31. The van der Waals surface area contributed by atoms with Crippen LogP contribution in [0.1, 0.15) is 29.7 Å².